The van der Waals surface area contributed by atoms with Crippen molar-refractivity contribution >= 4 is 63.9 Å². The highest BCUT2D eigenvalue weighted by Gasteiger charge is 2.74. The Balaban J connectivity index is 1.56. The maximum Gasteiger partial charge on any atom is 0.241 e. The quantitative estimate of drug-likeness (QED) is 0.333. The topological polar surface area (TPSA) is 80.8 Å². The van der Waals surface area contributed by atoms with Gasteiger partial charge in [-0.15, -0.1) is 0 Å². The molecule has 1 spiro atoms. The zero-order valence-electron chi connectivity index (χ0n) is 17.7. The van der Waals surface area contributed by atoms with Crippen molar-refractivity contribution in [2.45, 2.75) is 11.7 Å². The predicted molar refractivity (Wildman–Crippen MR) is 129 cm³/mol. The normalized spacial score (nSPS) is 24.4. The highest BCUT2D eigenvalue weighted by molar-refractivity contribution is 6.45. The monoisotopic (exact) mass is 525 g/mol. The van der Waals surface area contributed by atoms with Crippen LogP contribution in [-0.2, 0) is 14.3 Å². The van der Waals surface area contributed by atoms with Crippen molar-refractivity contribution < 1.29 is 23.9 Å². The fourth-order valence-electron chi connectivity index (χ4n) is 5.37. The van der Waals surface area contributed by atoms with Crippen LogP contribution >= 0.6 is 34.8 Å². The van der Waals surface area contributed by atoms with Gasteiger partial charge in [0.1, 0.15) is 0 Å². The number of fused-ring (bicyclic) bond motifs is 3. The van der Waals surface area contributed by atoms with Crippen LogP contribution in [0.2, 0.25) is 15.1 Å². The molecule has 174 valence electrons. The molecule has 1 aliphatic carbocycles. The summed E-state index contributed by atoms with van der Waals surface area (Å²) in [7, 11) is 0. The van der Waals surface area contributed by atoms with Gasteiger partial charge in [-0.1, -0.05) is 77.3 Å². The molecule has 0 aromatic heterocycles. The molecule has 2 aliphatic heterocycles. The van der Waals surface area contributed by atoms with Crippen molar-refractivity contribution in [3.63, 3.8) is 0 Å². The molecule has 6 rings (SSSR count). The lowest BCUT2D eigenvalue weighted by molar-refractivity contribution is -0.127. The molecule has 3 aromatic rings. The van der Waals surface area contributed by atoms with Gasteiger partial charge < -0.3 is 4.74 Å². The summed E-state index contributed by atoms with van der Waals surface area (Å²) in [6.45, 7) is 0. The van der Waals surface area contributed by atoms with Gasteiger partial charge in [-0.25, -0.2) is 4.90 Å². The summed E-state index contributed by atoms with van der Waals surface area (Å²) in [5.41, 5.74) is -1.24. The minimum Gasteiger partial charge on any atom is -0.349 e. The summed E-state index contributed by atoms with van der Waals surface area (Å²) in [6.07, 6.45) is -1.04. The smallest absolute Gasteiger partial charge is 0.241 e. The number of nitrogens with zero attached hydrogens (tertiary/aromatic N) is 1. The molecule has 3 aromatic carbocycles. The lowest BCUT2D eigenvalue weighted by Gasteiger charge is -2.27. The Morgan fingerprint density at radius 3 is 2.00 bits per heavy atom. The van der Waals surface area contributed by atoms with Gasteiger partial charge in [-0.3, -0.25) is 19.2 Å². The lowest BCUT2D eigenvalue weighted by Crippen LogP contribution is -2.51. The second-order valence-corrected chi connectivity index (χ2v) is 9.84. The Morgan fingerprint density at radius 1 is 0.743 bits per heavy atom. The Labute approximate surface area is 214 Å². The van der Waals surface area contributed by atoms with E-state index >= 15 is 0 Å². The van der Waals surface area contributed by atoms with Crippen LogP contribution in [0.1, 0.15) is 32.4 Å². The Morgan fingerprint density at radius 2 is 1.37 bits per heavy atom. The van der Waals surface area contributed by atoms with Gasteiger partial charge >= 0.3 is 0 Å². The minimum absolute atomic E-state index is 0.0150. The minimum atomic E-state index is -2.16. The molecule has 2 heterocycles. The van der Waals surface area contributed by atoms with Gasteiger partial charge in [0.25, 0.3) is 0 Å². The average Bonchev–Trinajstić information content (AvgIpc) is 3.42. The van der Waals surface area contributed by atoms with E-state index in [2.05, 4.69) is 0 Å². The molecule has 0 radical (unpaired) electrons. The second-order valence-electron chi connectivity index (χ2n) is 8.62. The third kappa shape index (κ3) is 2.88. The van der Waals surface area contributed by atoms with Gasteiger partial charge in [0, 0.05) is 16.1 Å². The van der Waals surface area contributed by atoms with Crippen LogP contribution in [0.3, 0.4) is 0 Å². The maximum absolute atomic E-state index is 13.9. The van der Waals surface area contributed by atoms with Crippen LogP contribution in [0.5, 0.6) is 0 Å². The Kier molecular flexibility index (Phi) is 4.96. The first-order valence-corrected chi connectivity index (χ1v) is 11.8. The molecular formula is C26H14Cl3NO5. The SMILES string of the molecule is O=C1[C@H]2[C@@H](C(=O)N1c1cccc(Cl)c1Cl)C1(O[C@H]2c2ccc(Cl)cc2)C(=O)c2ccccc2C1=O. The van der Waals surface area contributed by atoms with Gasteiger partial charge in [-0.2, -0.15) is 0 Å². The van der Waals surface area contributed by atoms with E-state index in [1.807, 2.05) is 0 Å². The number of Topliss-reactive ketones (excluding diaryl/α,β-unsaturated/α-hetero) is 2. The summed E-state index contributed by atoms with van der Waals surface area (Å²) in [4.78, 5) is 56.1. The number of ketones is 2. The number of benzene rings is 3. The summed E-state index contributed by atoms with van der Waals surface area (Å²) < 4.78 is 6.22. The molecule has 3 aliphatic rings. The van der Waals surface area contributed by atoms with Crippen LogP contribution in [-0.4, -0.2) is 29.0 Å². The van der Waals surface area contributed by atoms with Crippen LogP contribution in [0, 0.1) is 11.8 Å². The van der Waals surface area contributed by atoms with Crippen molar-refractivity contribution in [2.24, 2.45) is 11.8 Å². The number of carbonyl (C=O) groups is 4. The van der Waals surface area contributed by atoms with Crippen molar-refractivity contribution in [3.05, 3.63) is 98.5 Å². The maximum atomic E-state index is 13.9. The highest BCUT2D eigenvalue weighted by atomic mass is 35.5. The van der Waals surface area contributed by atoms with Crippen molar-refractivity contribution in [1.82, 2.24) is 0 Å². The molecule has 2 amide bonds. The van der Waals surface area contributed by atoms with Gasteiger partial charge in [0.2, 0.25) is 29.0 Å². The number of carbonyl (C=O) groups excluding carboxylic acids is 4. The van der Waals surface area contributed by atoms with E-state index in [0.29, 0.717) is 10.6 Å². The first kappa shape index (κ1) is 22.4. The fourth-order valence-corrected chi connectivity index (χ4v) is 5.88. The van der Waals surface area contributed by atoms with Crippen molar-refractivity contribution in [3.8, 4) is 0 Å². The molecule has 0 saturated carbocycles. The number of rotatable bonds is 2. The van der Waals surface area contributed by atoms with Crippen LogP contribution < -0.4 is 4.90 Å². The molecule has 6 nitrogen and oxygen atoms in total. The molecule has 2 fully saturated rings. The highest BCUT2D eigenvalue weighted by Crippen LogP contribution is 2.58. The van der Waals surface area contributed by atoms with Gasteiger partial charge in [0.05, 0.1) is 33.7 Å². The van der Waals surface area contributed by atoms with Crippen molar-refractivity contribution in [2.75, 3.05) is 4.90 Å². The summed E-state index contributed by atoms with van der Waals surface area (Å²) in [5.74, 6) is -5.15. The largest absolute Gasteiger partial charge is 0.349 e. The van der Waals surface area contributed by atoms with E-state index in [1.165, 1.54) is 24.3 Å². The number of halogens is 3. The Hall–Kier alpha value is -3.03. The van der Waals surface area contributed by atoms with E-state index in [0.717, 1.165) is 4.90 Å². The van der Waals surface area contributed by atoms with Crippen molar-refractivity contribution in [1.29, 1.82) is 0 Å². The molecule has 9 heteroatoms. The molecular weight excluding hydrogens is 513 g/mol. The molecule has 0 unspecified atom stereocenters. The van der Waals surface area contributed by atoms with E-state index in [9.17, 15) is 19.2 Å². The van der Waals surface area contributed by atoms with Crippen LogP contribution in [0.25, 0.3) is 0 Å². The van der Waals surface area contributed by atoms with E-state index in [4.69, 9.17) is 39.5 Å². The number of anilines is 1. The van der Waals surface area contributed by atoms with E-state index in [-0.39, 0.29) is 26.9 Å². The standard InChI is InChI=1S/C26H14Cl3NO5/c27-13-10-8-12(9-11-13)21-18-19(25(34)30(24(18)33)17-7-3-6-16(28)20(17)29)26(35-21)22(31)14-4-1-2-5-15(14)23(26)32/h1-11,18-19,21H/t18-,19-,21-/m0/s1. The number of imide groups is 1. The predicted octanol–water partition coefficient (Wildman–Crippen LogP) is 5.34. The molecule has 3 atom stereocenters. The molecule has 35 heavy (non-hydrogen) atoms. The van der Waals surface area contributed by atoms with Crippen LogP contribution in [0.15, 0.2) is 66.7 Å². The zero-order chi connectivity index (χ0) is 24.6. The summed E-state index contributed by atoms with van der Waals surface area (Å²) >= 11 is 18.5. The summed E-state index contributed by atoms with van der Waals surface area (Å²) in [6, 6.07) is 17.4. The zero-order valence-corrected chi connectivity index (χ0v) is 20.0. The Bertz CT molecular complexity index is 1430. The van der Waals surface area contributed by atoms with Gasteiger partial charge in [-0.05, 0) is 29.8 Å². The van der Waals surface area contributed by atoms with E-state index < -0.39 is 46.9 Å². The molecule has 2 saturated heterocycles. The first-order chi connectivity index (χ1) is 16.8. The molecule has 0 N–H and O–H groups in total. The summed E-state index contributed by atoms with van der Waals surface area (Å²) in [5, 5.41) is 0.628. The number of ether oxygens (including phenoxy) is 1. The first-order valence-electron chi connectivity index (χ1n) is 10.7. The number of hydrogen-bond donors (Lipinski definition) is 0. The van der Waals surface area contributed by atoms with Crippen LogP contribution in [0.4, 0.5) is 5.69 Å². The lowest BCUT2D eigenvalue weighted by atomic mass is 9.77. The second kappa shape index (κ2) is 7.73. The number of hydrogen-bond acceptors (Lipinski definition) is 5. The number of amides is 2. The van der Waals surface area contributed by atoms with E-state index in [1.54, 1.807) is 42.5 Å². The third-order valence-corrected chi connectivity index (χ3v) is 7.95. The average molecular weight is 527 g/mol. The third-order valence-electron chi connectivity index (χ3n) is 6.89. The molecule has 0 bridgehead atoms. The fraction of sp³-hybridized carbons (Fsp3) is 0.154. The van der Waals surface area contributed by atoms with Gasteiger partial charge in [0.15, 0.2) is 0 Å².